The minimum atomic E-state index is -3.56. The fraction of sp³-hybridized carbons (Fsp3) is 0.462. The van der Waals surface area contributed by atoms with E-state index in [4.69, 9.17) is 0 Å². The highest BCUT2D eigenvalue weighted by Gasteiger charge is 2.17. The molecule has 6 heteroatoms. The number of hydrogen-bond acceptors (Lipinski definition) is 3. The highest BCUT2D eigenvalue weighted by Crippen LogP contribution is 2.16. The van der Waals surface area contributed by atoms with Crippen molar-refractivity contribution in [2.45, 2.75) is 25.2 Å². The lowest BCUT2D eigenvalue weighted by molar-refractivity contribution is -0.128. The molecular formula is C13H20N2O3S. The standard InChI is InChI=1S/C13H20N2O3S/c1-10-5-6-11(2)12(9-10)19(17,18)14-8-7-13(16)15(3)4/h5-6,9,14H,7-8H2,1-4H3. The number of carbonyl (C=O) groups is 1. The Balaban J connectivity index is 2.77. The van der Waals surface area contributed by atoms with E-state index in [0.29, 0.717) is 5.56 Å². The van der Waals surface area contributed by atoms with Crippen LogP contribution in [-0.4, -0.2) is 39.9 Å². The first-order chi connectivity index (χ1) is 8.74. The Morgan fingerprint density at radius 2 is 1.89 bits per heavy atom. The fourth-order valence-electron chi connectivity index (χ4n) is 1.59. The molecule has 5 nitrogen and oxygen atoms in total. The van der Waals surface area contributed by atoms with E-state index in [-0.39, 0.29) is 23.8 Å². The maximum Gasteiger partial charge on any atom is 0.240 e. The summed E-state index contributed by atoms with van der Waals surface area (Å²) in [7, 11) is -0.275. The molecule has 1 aromatic rings. The van der Waals surface area contributed by atoms with Crippen LogP contribution in [0.2, 0.25) is 0 Å². The minimum Gasteiger partial charge on any atom is -0.349 e. The summed E-state index contributed by atoms with van der Waals surface area (Å²) in [6, 6.07) is 5.27. The molecular weight excluding hydrogens is 264 g/mol. The van der Waals surface area contributed by atoms with Crippen molar-refractivity contribution >= 4 is 15.9 Å². The summed E-state index contributed by atoms with van der Waals surface area (Å²) < 4.78 is 26.7. The highest BCUT2D eigenvalue weighted by molar-refractivity contribution is 7.89. The molecule has 0 radical (unpaired) electrons. The lowest BCUT2D eigenvalue weighted by Gasteiger charge is -2.12. The first kappa shape index (κ1) is 15.7. The monoisotopic (exact) mass is 284 g/mol. The molecule has 0 aliphatic carbocycles. The number of rotatable bonds is 5. The van der Waals surface area contributed by atoms with Crippen molar-refractivity contribution < 1.29 is 13.2 Å². The van der Waals surface area contributed by atoms with Gasteiger partial charge in [0.2, 0.25) is 15.9 Å². The van der Waals surface area contributed by atoms with Gasteiger partial charge in [0.15, 0.2) is 0 Å². The second-order valence-electron chi connectivity index (χ2n) is 4.70. The van der Waals surface area contributed by atoms with Crippen molar-refractivity contribution in [1.82, 2.24) is 9.62 Å². The van der Waals surface area contributed by atoms with E-state index in [0.717, 1.165) is 5.56 Å². The molecule has 0 aliphatic rings. The normalized spacial score (nSPS) is 11.4. The zero-order valence-corrected chi connectivity index (χ0v) is 12.5. The number of carbonyl (C=O) groups excluding carboxylic acids is 1. The summed E-state index contributed by atoms with van der Waals surface area (Å²) in [6.45, 7) is 3.69. The van der Waals surface area contributed by atoms with Gasteiger partial charge in [0.1, 0.15) is 0 Å². The number of amides is 1. The van der Waals surface area contributed by atoms with Crippen LogP contribution >= 0.6 is 0 Å². The molecule has 0 saturated heterocycles. The van der Waals surface area contributed by atoms with E-state index in [1.807, 2.05) is 13.0 Å². The SMILES string of the molecule is Cc1ccc(C)c(S(=O)(=O)NCCC(=O)N(C)C)c1. The molecule has 0 unspecified atom stereocenters. The topological polar surface area (TPSA) is 66.5 Å². The van der Waals surface area contributed by atoms with E-state index in [2.05, 4.69) is 4.72 Å². The number of benzene rings is 1. The molecule has 0 atom stereocenters. The minimum absolute atomic E-state index is 0.104. The predicted octanol–water partition coefficient (Wildman–Crippen LogP) is 1.06. The van der Waals surface area contributed by atoms with Crippen molar-refractivity contribution in [3.8, 4) is 0 Å². The maximum absolute atomic E-state index is 12.1. The lowest BCUT2D eigenvalue weighted by Crippen LogP contribution is -2.30. The van der Waals surface area contributed by atoms with Gasteiger partial charge in [-0.3, -0.25) is 4.79 Å². The van der Waals surface area contributed by atoms with Crippen LogP contribution < -0.4 is 4.72 Å². The Morgan fingerprint density at radius 3 is 2.47 bits per heavy atom. The molecule has 0 spiro atoms. The summed E-state index contributed by atoms with van der Waals surface area (Å²) in [5, 5.41) is 0. The van der Waals surface area contributed by atoms with E-state index < -0.39 is 10.0 Å². The van der Waals surface area contributed by atoms with Gasteiger partial charge >= 0.3 is 0 Å². The maximum atomic E-state index is 12.1. The van der Waals surface area contributed by atoms with Crippen LogP contribution in [0.3, 0.4) is 0 Å². The molecule has 0 bridgehead atoms. The predicted molar refractivity (Wildman–Crippen MR) is 74.4 cm³/mol. The van der Waals surface area contributed by atoms with Gasteiger partial charge in [0.25, 0.3) is 0 Å². The van der Waals surface area contributed by atoms with Gasteiger partial charge in [-0.05, 0) is 31.0 Å². The Kier molecular flexibility index (Phi) is 5.08. The Morgan fingerprint density at radius 1 is 1.26 bits per heavy atom. The fourth-order valence-corrected chi connectivity index (χ4v) is 2.95. The van der Waals surface area contributed by atoms with Crippen LogP contribution in [0, 0.1) is 13.8 Å². The Bertz CT molecular complexity index is 565. The van der Waals surface area contributed by atoms with Gasteiger partial charge in [0.05, 0.1) is 4.90 Å². The molecule has 1 rings (SSSR count). The zero-order chi connectivity index (χ0) is 14.6. The van der Waals surface area contributed by atoms with Crippen molar-refractivity contribution in [3.63, 3.8) is 0 Å². The first-order valence-corrected chi connectivity index (χ1v) is 7.49. The molecule has 0 fully saturated rings. The number of nitrogens with zero attached hydrogens (tertiary/aromatic N) is 1. The Labute approximate surface area is 114 Å². The van der Waals surface area contributed by atoms with Crippen LogP contribution in [0.1, 0.15) is 17.5 Å². The quantitative estimate of drug-likeness (QED) is 0.879. The van der Waals surface area contributed by atoms with Crippen molar-refractivity contribution in [3.05, 3.63) is 29.3 Å². The molecule has 0 aromatic heterocycles. The van der Waals surface area contributed by atoms with Gasteiger partial charge in [-0.2, -0.15) is 0 Å². The van der Waals surface area contributed by atoms with E-state index in [9.17, 15) is 13.2 Å². The third-order valence-electron chi connectivity index (χ3n) is 2.76. The van der Waals surface area contributed by atoms with Gasteiger partial charge in [-0.25, -0.2) is 13.1 Å². The van der Waals surface area contributed by atoms with Crippen LogP contribution in [-0.2, 0) is 14.8 Å². The summed E-state index contributed by atoms with van der Waals surface area (Å²) in [5.74, 6) is -0.108. The third-order valence-corrected chi connectivity index (χ3v) is 4.37. The second kappa shape index (κ2) is 6.16. The molecule has 0 saturated carbocycles. The highest BCUT2D eigenvalue weighted by atomic mass is 32.2. The van der Waals surface area contributed by atoms with Crippen LogP contribution in [0.25, 0.3) is 0 Å². The van der Waals surface area contributed by atoms with Crippen molar-refractivity contribution in [2.75, 3.05) is 20.6 Å². The van der Waals surface area contributed by atoms with Gasteiger partial charge in [0, 0.05) is 27.1 Å². The smallest absolute Gasteiger partial charge is 0.240 e. The molecule has 0 heterocycles. The van der Waals surface area contributed by atoms with Gasteiger partial charge in [-0.1, -0.05) is 12.1 Å². The molecule has 1 N–H and O–H groups in total. The third kappa shape index (κ3) is 4.33. The van der Waals surface area contributed by atoms with E-state index in [1.54, 1.807) is 33.2 Å². The molecule has 0 aliphatic heterocycles. The van der Waals surface area contributed by atoms with E-state index in [1.165, 1.54) is 4.90 Å². The first-order valence-electron chi connectivity index (χ1n) is 6.01. The van der Waals surface area contributed by atoms with Crippen LogP contribution in [0.5, 0.6) is 0 Å². The molecule has 1 aromatic carbocycles. The van der Waals surface area contributed by atoms with E-state index >= 15 is 0 Å². The zero-order valence-electron chi connectivity index (χ0n) is 11.7. The van der Waals surface area contributed by atoms with Crippen molar-refractivity contribution in [1.29, 1.82) is 0 Å². The summed E-state index contributed by atoms with van der Waals surface area (Å²) in [6.07, 6.45) is 0.150. The van der Waals surface area contributed by atoms with Crippen molar-refractivity contribution in [2.24, 2.45) is 0 Å². The number of aryl methyl sites for hydroxylation is 2. The average Bonchev–Trinajstić information content (AvgIpc) is 2.31. The summed E-state index contributed by atoms with van der Waals surface area (Å²) in [5.41, 5.74) is 1.58. The largest absolute Gasteiger partial charge is 0.349 e. The average molecular weight is 284 g/mol. The van der Waals surface area contributed by atoms with Crippen LogP contribution in [0.15, 0.2) is 23.1 Å². The number of sulfonamides is 1. The molecule has 106 valence electrons. The summed E-state index contributed by atoms with van der Waals surface area (Å²) in [4.78, 5) is 13.1. The number of nitrogens with one attached hydrogen (secondary N) is 1. The lowest BCUT2D eigenvalue weighted by atomic mass is 10.2. The summed E-state index contributed by atoms with van der Waals surface area (Å²) >= 11 is 0. The molecule has 1 amide bonds. The molecule has 19 heavy (non-hydrogen) atoms. The number of hydrogen-bond donors (Lipinski definition) is 1. The Hall–Kier alpha value is -1.40. The van der Waals surface area contributed by atoms with Crippen LogP contribution in [0.4, 0.5) is 0 Å². The second-order valence-corrected chi connectivity index (χ2v) is 6.44. The van der Waals surface area contributed by atoms with Gasteiger partial charge < -0.3 is 4.90 Å². The van der Waals surface area contributed by atoms with Gasteiger partial charge in [-0.15, -0.1) is 0 Å².